The van der Waals surface area contributed by atoms with Crippen molar-refractivity contribution in [2.24, 2.45) is 17.4 Å². The topological polar surface area (TPSA) is 530 Å². The first-order chi connectivity index (χ1) is 47.7. The van der Waals surface area contributed by atoms with E-state index in [4.69, 9.17) is 63.1 Å². The molecule has 542 valence electrons. The number of fused-ring (bicyclic) bond motifs is 15. The lowest BCUT2D eigenvalue weighted by Gasteiger charge is -2.47. The van der Waals surface area contributed by atoms with Gasteiger partial charge in [0.1, 0.15) is 89.5 Å². The second kappa shape index (κ2) is 30.2. The second-order valence-corrected chi connectivity index (χ2v) is 26.5. The molecule has 35 heteroatoms. The number of amides is 7. The van der Waals surface area contributed by atoms with Crippen molar-refractivity contribution in [3.8, 4) is 57.1 Å². The van der Waals surface area contributed by atoms with Crippen molar-refractivity contribution < 1.29 is 118 Å². The molecule has 12 rings (SSSR count). The number of carboxylic acids is 1. The van der Waals surface area contributed by atoms with Gasteiger partial charge >= 0.3 is 5.97 Å². The van der Waals surface area contributed by atoms with Gasteiger partial charge in [0.25, 0.3) is 0 Å². The summed E-state index contributed by atoms with van der Waals surface area (Å²) in [5, 5.41) is 131. The molecule has 7 aliphatic rings. The average Bonchev–Trinajstić information content (AvgIpc) is 0.775. The molecule has 18 atom stereocenters. The van der Waals surface area contributed by atoms with Gasteiger partial charge in [-0.3, -0.25) is 33.6 Å². The number of primary amides is 1. The van der Waals surface area contributed by atoms with Gasteiger partial charge in [-0.1, -0.05) is 55.2 Å². The maximum Gasteiger partial charge on any atom is 0.330 e. The smallest absolute Gasteiger partial charge is 0.330 e. The number of benzene rings is 5. The van der Waals surface area contributed by atoms with E-state index >= 15 is 14.4 Å². The molecule has 0 aliphatic carbocycles. The highest BCUT2D eigenvalue weighted by Gasteiger charge is 2.51. The average molecular weight is 1450 g/mol. The van der Waals surface area contributed by atoms with Crippen LogP contribution in [0.1, 0.15) is 105 Å². The Hall–Kier alpha value is -9.20. The van der Waals surface area contributed by atoms with Crippen LogP contribution < -0.4 is 62.9 Å². The van der Waals surface area contributed by atoms with Gasteiger partial charge in [0, 0.05) is 34.7 Å². The molecule has 2 unspecified atom stereocenters. The molecule has 7 amide bonds. The number of phenols is 3. The van der Waals surface area contributed by atoms with Gasteiger partial charge in [-0.15, -0.1) is 0 Å². The maximum atomic E-state index is 16.0. The Kier molecular flexibility index (Phi) is 22.2. The van der Waals surface area contributed by atoms with E-state index in [1.54, 1.807) is 0 Å². The van der Waals surface area contributed by atoms with Crippen LogP contribution in [0.2, 0.25) is 10.0 Å². The Morgan fingerprint density at radius 2 is 1.32 bits per heavy atom. The molecule has 101 heavy (non-hydrogen) atoms. The molecule has 5 aromatic carbocycles. The van der Waals surface area contributed by atoms with Crippen LogP contribution in [0.15, 0.2) is 78.9 Å². The number of nitrogens with one attached hydrogen (secondary N) is 7. The van der Waals surface area contributed by atoms with Gasteiger partial charge in [0.15, 0.2) is 29.9 Å². The van der Waals surface area contributed by atoms with E-state index in [1.165, 1.54) is 33.0 Å². The number of aliphatic hydroxyl groups is 6. The number of likely N-dealkylation sites (N-methyl/N-ethyl adjacent to an activating group) is 1. The highest BCUT2D eigenvalue weighted by Crippen LogP contribution is 2.50. The van der Waals surface area contributed by atoms with Crippen molar-refractivity contribution in [3.05, 3.63) is 117 Å². The molecule has 33 nitrogen and oxygen atoms in total. The minimum absolute atomic E-state index is 0.0975. The largest absolute Gasteiger partial charge is 0.508 e. The van der Waals surface area contributed by atoms with E-state index in [0.717, 1.165) is 66.7 Å². The fourth-order valence-corrected chi connectivity index (χ4v) is 12.9. The van der Waals surface area contributed by atoms with Crippen LogP contribution in [0.5, 0.6) is 46.0 Å². The summed E-state index contributed by atoms with van der Waals surface area (Å²) in [5.41, 5.74) is 8.00. The summed E-state index contributed by atoms with van der Waals surface area (Å²) >= 11 is 14.1. The molecule has 0 radical (unpaired) electrons. The van der Waals surface area contributed by atoms with Crippen LogP contribution in [-0.2, 0) is 52.6 Å². The molecule has 0 saturated carbocycles. The summed E-state index contributed by atoms with van der Waals surface area (Å²) in [5.74, 6) is -16.0. The number of carboxylic acid groups (broad SMARTS) is 1. The van der Waals surface area contributed by atoms with Crippen molar-refractivity contribution in [2.45, 2.75) is 156 Å². The molecule has 21 N–H and O–H groups in total. The zero-order valence-electron chi connectivity index (χ0n) is 54.3. The number of hydrogen-bond donors (Lipinski definition) is 19. The number of halogens is 2. The molecular weight excluding hydrogens is 1370 g/mol. The zero-order valence-corrected chi connectivity index (χ0v) is 55.8. The number of carbonyl (C=O) groups excluding carboxylic acids is 7. The number of hydrogen-bond acceptors (Lipinski definition) is 25. The van der Waals surface area contributed by atoms with Crippen LogP contribution in [0, 0.1) is 5.92 Å². The molecule has 5 aromatic rings. The third-order valence-corrected chi connectivity index (χ3v) is 18.4. The van der Waals surface area contributed by atoms with E-state index in [0.29, 0.717) is 0 Å². The predicted molar refractivity (Wildman–Crippen MR) is 349 cm³/mol. The van der Waals surface area contributed by atoms with Crippen molar-refractivity contribution in [2.75, 3.05) is 13.7 Å². The fourth-order valence-electron chi connectivity index (χ4n) is 12.5. The molecule has 7 aliphatic heterocycles. The summed E-state index contributed by atoms with van der Waals surface area (Å²) in [7, 11) is 1.47. The number of nitrogens with two attached hydrogens (primary N) is 2. The van der Waals surface area contributed by atoms with Crippen molar-refractivity contribution in [1.82, 2.24) is 37.2 Å². The lowest BCUT2D eigenvalue weighted by atomic mass is 9.86. The number of phenolic OH excluding ortho intramolecular Hbond substituents is 3. The van der Waals surface area contributed by atoms with Gasteiger partial charge in [-0.25, -0.2) is 4.79 Å². The monoisotopic (exact) mass is 1450 g/mol. The number of aromatic hydroxyl groups is 3. The summed E-state index contributed by atoms with van der Waals surface area (Å²) in [6.45, 7) is 5.66. The normalized spacial score (nSPS) is 29.4. The SMILES string of the molecule is CN[C@@H](CC(C)C)C(=O)N[C@H]1C(=O)N[C@@H](CC(N)=O)C(=O)NC2C(=O)N[C@@H]3C(=O)N[C@@H](C(=O)N[C@@H](C(=O)O)c4cc(O)cc(O)c4-c4cc3ccc4O)[C@@H](O)c3ccc(c(Cl)c3)Oc3cc2cc(c3OC2O[C@@H](CO)[C@@H](O)[C@@H](O)[C@H]2O[C@H]2C[C@@](C)(N)[C@@H](O)[C@@H](C)O2)Oc2ccc(cc2Cl)[C@H]1O. The van der Waals surface area contributed by atoms with E-state index in [1.807, 2.05) is 13.8 Å². The third-order valence-electron chi connectivity index (χ3n) is 17.8. The summed E-state index contributed by atoms with van der Waals surface area (Å²) < 4.78 is 38.3. The highest BCUT2D eigenvalue weighted by atomic mass is 35.5. The van der Waals surface area contributed by atoms with Crippen LogP contribution in [0.25, 0.3) is 11.1 Å². The summed E-state index contributed by atoms with van der Waals surface area (Å²) in [4.78, 5) is 117. The lowest BCUT2D eigenvalue weighted by Crippen LogP contribution is -2.64. The lowest BCUT2D eigenvalue weighted by molar-refractivity contribution is -0.333. The van der Waals surface area contributed by atoms with Crippen LogP contribution in [0.3, 0.4) is 0 Å². The summed E-state index contributed by atoms with van der Waals surface area (Å²) in [6.07, 6.45) is -18.6. The molecule has 0 aromatic heterocycles. The Labute approximate surface area is 584 Å². The second-order valence-electron chi connectivity index (χ2n) is 25.7. The minimum Gasteiger partial charge on any atom is -0.508 e. The quantitative estimate of drug-likeness (QED) is 0.0743. The Morgan fingerprint density at radius 3 is 1.90 bits per heavy atom. The first-order valence-corrected chi connectivity index (χ1v) is 32.4. The summed E-state index contributed by atoms with van der Waals surface area (Å²) in [6, 6.07) is -0.679. The standard InChI is InChI=1S/C66H75Cl2N9O24/c1-23(2)12-34(71-5)58(88)76-49-51(83)26-7-10-38(32(67)14-26)97-40-16-28-17-41(55(40)101-65-56(54(86)53(85)42(22-78)99-65)100-44-21-66(4,70)57(87)24(3)96-44)98-39-11-8-27(15-33(39)68)52(84)50-63(93)75-48(64(94)95)31-18-29(79)19-37(81)45(31)30-13-25(6-9-36(30)80)46(60(90)77-50)74-61(91)47(28)73-59(89)35(20-43(69)82)72-62(49)92/h6-11,13-19,23-24,34-35,42,44,46-54,56-57,65,71,78-81,83-87H,12,20-22,70H2,1-5H3,(H2,69,82)(H,72,92)(H,73,89)(H,74,91)(H,75,93)(H,76,88)(H,77,90)(H,94,95)/t24-,34+,35+,42+,44+,46+,47?,48-,49-,50-,51-,52+,53-,54-,56-,57+,65?,66-/m1/s1. The molecule has 0 spiro atoms. The first-order valence-electron chi connectivity index (χ1n) is 31.6. The molecular formula is C66H75Cl2N9O24. The number of aliphatic carboxylic acids is 1. The van der Waals surface area contributed by atoms with Gasteiger partial charge in [0.2, 0.25) is 53.4 Å². The van der Waals surface area contributed by atoms with Gasteiger partial charge in [-0.2, -0.15) is 0 Å². The number of ether oxygens (including phenoxy) is 6. The minimum atomic E-state index is -2.35. The van der Waals surface area contributed by atoms with Crippen LogP contribution in [0.4, 0.5) is 0 Å². The van der Waals surface area contributed by atoms with Crippen LogP contribution >= 0.6 is 23.2 Å². The van der Waals surface area contributed by atoms with E-state index in [9.17, 15) is 75.0 Å². The van der Waals surface area contributed by atoms with E-state index in [-0.39, 0.29) is 46.2 Å². The van der Waals surface area contributed by atoms with Crippen molar-refractivity contribution in [3.63, 3.8) is 0 Å². The molecule has 2 fully saturated rings. The number of rotatable bonds is 13. The third kappa shape index (κ3) is 15.8. The van der Waals surface area contributed by atoms with Crippen LogP contribution in [-0.4, -0.2) is 191 Å². The number of carbonyl (C=O) groups is 8. The highest BCUT2D eigenvalue weighted by molar-refractivity contribution is 6.32. The number of aliphatic hydroxyl groups excluding tert-OH is 6. The predicted octanol–water partition coefficient (Wildman–Crippen LogP) is 0.106. The first kappa shape index (κ1) is 74.5. The molecule has 2 saturated heterocycles. The Balaban J connectivity index is 1.24. The Bertz CT molecular complexity index is 4070. The zero-order chi connectivity index (χ0) is 73.5. The van der Waals surface area contributed by atoms with E-state index in [2.05, 4.69) is 37.2 Å². The van der Waals surface area contributed by atoms with Gasteiger partial charge in [-0.05, 0) is 110 Å². The van der Waals surface area contributed by atoms with Gasteiger partial charge < -0.3 is 128 Å². The Morgan fingerprint density at radius 1 is 0.713 bits per heavy atom. The van der Waals surface area contributed by atoms with Gasteiger partial charge in [0.05, 0.1) is 41.3 Å². The van der Waals surface area contributed by atoms with E-state index < -0.39 is 237 Å². The van der Waals surface area contributed by atoms with Crippen molar-refractivity contribution in [1.29, 1.82) is 0 Å². The fraction of sp³-hybridized carbons (Fsp3) is 0.424. The van der Waals surface area contributed by atoms with Crippen molar-refractivity contribution >= 4 is 70.5 Å². The molecule has 11 bridgehead atoms. The molecule has 7 heterocycles. The maximum absolute atomic E-state index is 16.0.